The molecule has 2 atom stereocenters. The van der Waals surface area contributed by atoms with Crippen LogP contribution in [0, 0.1) is 23.2 Å². The summed E-state index contributed by atoms with van der Waals surface area (Å²) in [7, 11) is 1.68. The molecule has 1 aliphatic rings. The lowest BCUT2D eigenvalue weighted by atomic mass is 9.82. The number of hydrogen-bond acceptors (Lipinski definition) is 3. The number of amides is 1. The Bertz CT molecular complexity index is 769. The van der Waals surface area contributed by atoms with Gasteiger partial charge in [-0.3, -0.25) is 9.59 Å². The fourth-order valence-corrected chi connectivity index (χ4v) is 3.09. The average molecular weight is 506 g/mol. The van der Waals surface area contributed by atoms with Crippen molar-refractivity contribution >= 4 is 17.7 Å². The lowest BCUT2D eigenvalue weighted by Crippen LogP contribution is -2.35. The number of carboxylic acid groups (broad SMARTS) is 1. The lowest BCUT2D eigenvalue weighted by Gasteiger charge is -2.24. The van der Waals surface area contributed by atoms with Crippen molar-refractivity contribution in [1.29, 1.82) is 0 Å². The monoisotopic (exact) mass is 505 g/mol. The number of hydrogen-bond donors (Lipinski definition) is 2. The molecule has 0 fully saturated rings. The maximum absolute atomic E-state index is 11.7. The van der Waals surface area contributed by atoms with Gasteiger partial charge >= 0.3 is 5.97 Å². The summed E-state index contributed by atoms with van der Waals surface area (Å²) in [5, 5.41) is 11.1. The third-order valence-electron chi connectivity index (χ3n) is 5.84. The molecule has 0 aromatic rings. The van der Waals surface area contributed by atoms with Crippen LogP contribution in [-0.2, 0) is 14.4 Å². The van der Waals surface area contributed by atoms with Crippen LogP contribution in [0.25, 0.3) is 0 Å². The van der Waals surface area contributed by atoms with Crippen molar-refractivity contribution in [3.8, 4) is 0 Å². The Balaban J connectivity index is -0.000000457. The molecule has 0 heterocycles. The van der Waals surface area contributed by atoms with Crippen LogP contribution in [0.15, 0.2) is 47.6 Å². The molecule has 1 aliphatic carbocycles. The van der Waals surface area contributed by atoms with Gasteiger partial charge in [-0.25, -0.2) is 0 Å². The summed E-state index contributed by atoms with van der Waals surface area (Å²) in [6.45, 7) is 25.8. The average Bonchev–Trinajstić information content (AvgIpc) is 3.03. The topological polar surface area (TPSA) is 83.5 Å². The minimum atomic E-state index is -0.832. The van der Waals surface area contributed by atoms with Gasteiger partial charge in [0.05, 0.1) is 11.3 Å². The van der Waals surface area contributed by atoms with E-state index in [1.165, 1.54) is 24.5 Å². The Morgan fingerprint density at radius 1 is 1.03 bits per heavy atom. The summed E-state index contributed by atoms with van der Waals surface area (Å²) in [6, 6.07) is 0. The van der Waals surface area contributed by atoms with Crippen LogP contribution < -0.4 is 5.32 Å². The van der Waals surface area contributed by atoms with Crippen LogP contribution in [0.4, 0.5) is 0 Å². The molecule has 1 amide bonds. The third kappa shape index (κ3) is 18.8. The highest BCUT2D eigenvalue weighted by Crippen LogP contribution is 2.29. The van der Waals surface area contributed by atoms with E-state index >= 15 is 0 Å². The SMILES string of the molecule is C=C(C)[C@@H](C)CC(C)C.CC.CC(=O)CC[C@@H](C)C(=O)O.CNC(=O)C(C)(C)C1=CCC=C(C)C=C1. The van der Waals surface area contributed by atoms with Crippen LogP contribution in [0.3, 0.4) is 0 Å². The number of carbonyl (C=O) groups is 3. The van der Waals surface area contributed by atoms with E-state index in [-0.39, 0.29) is 11.7 Å². The number of carbonyl (C=O) groups excluding carboxylic acids is 2. The van der Waals surface area contributed by atoms with Gasteiger partial charge in [0.2, 0.25) is 5.91 Å². The molecule has 208 valence electrons. The number of Topliss-reactive ketones (excluding diaryl/α,β-unsaturated/α-hetero) is 1. The minimum absolute atomic E-state index is 0.0492. The molecule has 0 unspecified atom stereocenters. The van der Waals surface area contributed by atoms with Crippen molar-refractivity contribution in [2.75, 3.05) is 7.05 Å². The van der Waals surface area contributed by atoms with Gasteiger partial charge in [-0.05, 0) is 71.3 Å². The molecule has 0 aromatic carbocycles. The Morgan fingerprint density at radius 3 is 1.92 bits per heavy atom. The number of carboxylic acids is 1. The zero-order valence-corrected chi connectivity index (χ0v) is 25.2. The third-order valence-corrected chi connectivity index (χ3v) is 5.84. The molecule has 5 nitrogen and oxygen atoms in total. The molecule has 0 spiro atoms. The van der Waals surface area contributed by atoms with Gasteiger partial charge in [0.25, 0.3) is 0 Å². The molecule has 0 saturated heterocycles. The van der Waals surface area contributed by atoms with Crippen molar-refractivity contribution in [1.82, 2.24) is 5.32 Å². The molecule has 0 aliphatic heterocycles. The summed E-state index contributed by atoms with van der Waals surface area (Å²) in [5.41, 5.74) is 3.18. The quantitative estimate of drug-likeness (QED) is 0.312. The first-order chi connectivity index (χ1) is 16.6. The van der Waals surface area contributed by atoms with E-state index in [1.807, 2.05) is 33.8 Å². The van der Waals surface area contributed by atoms with E-state index in [2.05, 4.69) is 64.7 Å². The van der Waals surface area contributed by atoms with E-state index in [4.69, 9.17) is 5.11 Å². The van der Waals surface area contributed by atoms with Gasteiger partial charge in [-0.15, -0.1) is 0 Å². The highest BCUT2D eigenvalue weighted by atomic mass is 16.4. The van der Waals surface area contributed by atoms with Crippen molar-refractivity contribution in [3.63, 3.8) is 0 Å². The molecule has 36 heavy (non-hydrogen) atoms. The Kier molecular flexibility index (Phi) is 21.9. The molecule has 1 rings (SSSR count). The predicted molar refractivity (Wildman–Crippen MR) is 155 cm³/mol. The van der Waals surface area contributed by atoms with Gasteiger partial charge in [-0.1, -0.05) is 83.6 Å². The molecule has 0 saturated carbocycles. The maximum atomic E-state index is 11.7. The second-order valence-electron chi connectivity index (χ2n) is 10.2. The second-order valence-corrected chi connectivity index (χ2v) is 10.2. The Labute approximate surface area is 222 Å². The zero-order valence-electron chi connectivity index (χ0n) is 25.2. The number of ketones is 1. The molecular formula is C31H55NO4. The normalized spacial score (nSPS) is 14.0. The zero-order chi connectivity index (χ0) is 29.1. The Hall–Kier alpha value is -2.43. The van der Waals surface area contributed by atoms with Crippen LogP contribution in [0.2, 0.25) is 0 Å². The van der Waals surface area contributed by atoms with E-state index in [0.717, 1.165) is 17.9 Å². The maximum Gasteiger partial charge on any atom is 0.306 e. The molecule has 5 heteroatoms. The number of allylic oxidation sites excluding steroid dienone is 6. The summed E-state index contributed by atoms with van der Waals surface area (Å²) in [5.74, 6) is 0.373. The summed E-state index contributed by atoms with van der Waals surface area (Å²) < 4.78 is 0. The van der Waals surface area contributed by atoms with Gasteiger partial charge in [-0.2, -0.15) is 0 Å². The largest absolute Gasteiger partial charge is 0.481 e. The van der Waals surface area contributed by atoms with Crippen LogP contribution in [-0.4, -0.2) is 29.8 Å². The Morgan fingerprint density at radius 2 is 1.56 bits per heavy atom. The molecule has 0 radical (unpaired) electrons. The molecule has 0 aromatic heterocycles. The minimum Gasteiger partial charge on any atom is -0.481 e. The van der Waals surface area contributed by atoms with Gasteiger partial charge in [0.1, 0.15) is 5.78 Å². The first-order valence-corrected chi connectivity index (χ1v) is 13.2. The van der Waals surface area contributed by atoms with E-state index in [9.17, 15) is 14.4 Å². The fourth-order valence-electron chi connectivity index (χ4n) is 3.09. The number of aliphatic carboxylic acids is 1. The molecule has 0 bridgehead atoms. The van der Waals surface area contributed by atoms with Crippen LogP contribution in [0.1, 0.15) is 102 Å². The van der Waals surface area contributed by atoms with Gasteiger partial charge in [0, 0.05) is 13.5 Å². The first-order valence-electron chi connectivity index (χ1n) is 13.2. The van der Waals surface area contributed by atoms with Crippen molar-refractivity contribution in [3.05, 3.63) is 47.6 Å². The lowest BCUT2D eigenvalue weighted by molar-refractivity contribution is -0.141. The van der Waals surface area contributed by atoms with E-state index in [1.54, 1.807) is 14.0 Å². The first kappa shape index (κ1) is 38.1. The number of nitrogens with one attached hydrogen (secondary N) is 1. The number of rotatable bonds is 9. The smallest absolute Gasteiger partial charge is 0.306 e. The van der Waals surface area contributed by atoms with Crippen molar-refractivity contribution in [2.24, 2.45) is 23.2 Å². The standard InChI is InChI=1S/C13H19NO.C9H18.C7H12O3.C2H6/c1-10-6-5-7-11(9-8-10)13(2,3)12(15)14-4;1-7(2)6-9(5)8(3)4;1-5(7(9)10)3-4-6(2)8;1-2/h6-9H,5H2,1-4H3,(H,14,15);7,9H,3,6H2,1-2,4-5H3;5H,3-4H2,1-2H3,(H,9,10);1-2H3/t;9-;5-;/m.01./s1. The van der Waals surface area contributed by atoms with E-state index in [0.29, 0.717) is 18.8 Å². The van der Waals surface area contributed by atoms with Crippen LogP contribution in [0.5, 0.6) is 0 Å². The van der Waals surface area contributed by atoms with Gasteiger partial charge in [0.15, 0.2) is 0 Å². The van der Waals surface area contributed by atoms with E-state index < -0.39 is 17.3 Å². The van der Waals surface area contributed by atoms with Crippen LogP contribution >= 0.6 is 0 Å². The highest BCUT2D eigenvalue weighted by Gasteiger charge is 2.29. The fraction of sp³-hybridized carbons (Fsp3) is 0.645. The highest BCUT2D eigenvalue weighted by molar-refractivity contribution is 5.85. The molecule has 2 N–H and O–H groups in total. The molecular weight excluding hydrogens is 450 g/mol. The summed E-state index contributed by atoms with van der Waals surface area (Å²) in [4.78, 5) is 32.3. The predicted octanol–water partition coefficient (Wildman–Crippen LogP) is 7.94. The van der Waals surface area contributed by atoms with Crippen molar-refractivity contribution < 1.29 is 19.5 Å². The summed E-state index contributed by atoms with van der Waals surface area (Å²) >= 11 is 0. The van der Waals surface area contributed by atoms with Crippen molar-refractivity contribution in [2.45, 2.75) is 102 Å². The van der Waals surface area contributed by atoms with Gasteiger partial charge < -0.3 is 15.2 Å². The second kappa shape index (κ2) is 20.7. The summed E-state index contributed by atoms with van der Waals surface area (Å²) in [6.07, 6.45) is 11.4.